The Labute approximate surface area is 114 Å². The SMILES string of the molecule is [2H]C([2H])(O)[C@H]1O[C@@H](n2cc(F)c(=S)[nH]c2=O)C(C)(F)[C@H]1O. The third-order valence-electron chi connectivity index (χ3n) is 2.93. The van der Waals surface area contributed by atoms with E-state index in [1.165, 1.54) is 0 Å². The summed E-state index contributed by atoms with van der Waals surface area (Å²) in [6, 6.07) is 0. The van der Waals surface area contributed by atoms with Crippen LogP contribution in [0.2, 0.25) is 0 Å². The molecular weight excluding hydrogens is 282 g/mol. The fraction of sp³-hybridized carbons (Fsp3) is 0.600. The molecule has 19 heavy (non-hydrogen) atoms. The van der Waals surface area contributed by atoms with Crippen LogP contribution in [-0.4, -0.2) is 44.2 Å². The van der Waals surface area contributed by atoms with Crippen LogP contribution in [-0.2, 0) is 4.74 Å². The van der Waals surface area contributed by atoms with E-state index in [9.17, 15) is 23.8 Å². The first-order valence-electron chi connectivity index (χ1n) is 6.22. The van der Waals surface area contributed by atoms with Gasteiger partial charge in [-0.3, -0.25) is 9.55 Å². The second-order valence-electron chi connectivity index (χ2n) is 4.28. The topological polar surface area (TPSA) is 87.5 Å². The first-order valence-corrected chi connectivity index (χ1v) is 5.63. The molecule has 0 radical (unpaired) electrons. The van der Waals surface area contributed by atoms with E-state index in [1.807, 2.05) is 4.98 Å². The van der Waals surface area contributed by atoms with E-state index in [2.05, 4.69) is 12.2 Å². The van der Waals surface area contributed by atoms with Gasteiger partial charge in [-0.15, -0.1) is 0 Å². The highest BCUT2D eigenvalue weighted by molar-refractivity contribution is 7.71. The number of ether oxygens (including phenoxy) is 1. The Morgan fingerprint density at radius 1 is 1.79 bits per heavy atom. The Kier molecular flexibility index (Phi) is 2.91. The third kappa shape index (κ3) is 2.22. The molecule has 1 aliphatic rings. The molecule has 9 heteroatoms. The molecule has 0 spiro atoms. The van der Waals surface area contributed by atoms with Crippen molar-refractivity contribution in [1.82, 2.24) is 9.55 Å². The monoisotopic (exact) mass is 296 g/mol. The number of nitrogens with zero attached hydrogens (tertiary/aromatic N) is 1. The highest BCUT2D eigenvalue weighted by Gasteiger charge is 2.55. The number of hydrogen-bond donors (Lipinski definition) is 3. The molecule has 2 rings (SSSR count). The van der Waals surface area contributed by atoms with Gasteiger partial charge in [0.25, 0.3) is 0 Å². The Bertz CT molecular complexity index is 672. The standard InChI is InChI=1S/C10H12F2N2O4S/c1-10(12)6(16)5(3-15)18-8(10)14-2-4(11)7(19)13-9(14)17/h2,5-6,8,15-16H,3H2,1H3,(H,13,17,19)/t5-,6+,8-,10?/m1/s1/i3D2. The van der Waals surface area contributed by atoms with Crippen molar-refractivity contribution in [3.8, 4) is 0 Å². The van der Waals surface area contributed by atoms with Crippen molar-refractivity contribution in [3.05, 3.63) is 27.1 Å². The zero-order valence-corrected chi connectivity index (χ0v) is 10.4. The molecule has 0 aliphatic carbocycles. The predicted octanol–water partition coefficient (Wildman–Crippen LogP) is 0.0238. The second-order valence-corrected chi connectivity index (χ2v) is 4.69. The van der Waals surface area contributed by atoms with Gasteiger partial charge < -0.3 is 14.9 Å². The van der Waals surface area contributed by atoms with Crippen LogP contribution in [0.4, 0.5) is 8.78 Å². The molecule has 1 aromatic heterocycles. The summed E-state index contributed by atoms with van der Waals surface area (Å²) in [5, 5.41) is 19.0. The Morgan fingerprint density at radius 2 is 2.42 bits per heavy atom. The van der Waals surface area contributed by atoms with Crippen LogP contribution in [0.1, 0.15) is 15.9 Å². The van der Waals surface area contributed by atoms with Crippen molar-refractivity contribution in [2.24, 2.45) is 0 Å². The van der Waals surface area contributed by atoms with Gasteiger partial charge >= 0.3 is 5.69 Å². The van der Waals surface area contributed by atoms with Gasteiger partial charge in [0.05, 0.1) is 15.5 Å². The summed E-state index contributed by atoms with van der Waals surface area (Å²) < 4.78 is 47.1. The van der Waals surface area contributed by atoms with E-state index in [1.54, 1.807) is 0 Å². The van der Waals surface area contributed by atoms with Crippen molar-refractivity contribution in [2.75, 3.05) is 6.56 Å². The highest BCUT2D eigenvalue weighted by Crippen LogP contribution is 2.40. The van der Waals surface area contributed by atoms with Gasteiger partial charge in [-0.1, -0.05) is 12.2 Å². The van der Waals surface area contributed by atoms with Gasteiger partial charge in [0.1, 0.15) is 16.8 Å². The van der Waals surface area contributed by atoms with Gasteiger partial charge in [0, 0.05) is 0 Å². The molecule has 0 saturated carbocycles. The Balaban J connectivity index is 2.53. The summed E-state index contributed by atoms with van der Waals surface area (Å²) in [7, 11) is 0. The average molecular weight is 296 g/mol. The summed E-state index contributed by atoms with van der Waals surface area (Å²) in [5.74, 6) is -1.02. The summed E-state index contributed by atoms with van der Waals surface area (Å²) in [5.41, 5.74) is -3.64. The van der Waals surface area contributed by atoms with Crippen LogP contribution in [0.15, 0.2) is 11.0 Å². The maximum absolute atomic E-state index is 14.6. The van der Waals surface area contributed by atoms with Crippen molar-refractivity contribution in [3.63, 3.8) is 0 Å². The van der Waals surface area contributed by atoms with Gasteiger partial charge in [0.15, 0.2) is 17.7 Å². The molecule has 3 N–H and O–H groups in total. The lowest BCUT2D eigenvalue weighted by atomic mass is 9.98. The second kappa shape index (κ2) is 4.75. The molecule has 0 bridgehead atoms. The van der Waals surface area contributed by atoms with E-state index in [0.717, 1.165) is 6.92 Å². The Hall–Kier alpha value is -1.16. The van der Waals surface area contributed by atoms with Crippen molar-refractivity contribution in [2.45, 2.75) is 31.0 Å². The van der Waals surface area contributed by atoms with Crippen LogP contribution >= 0.6 is 12.2 Å². The maximum atomic E-state index is 14.6. The lowest BCUT2D eigenvalue weighted by molar-refractivity contribution is -0.0615. The minimum absolute atomic E-state index is 0.472. The molecule has 0 aromatic carbocycles. The number of halogens is 2. The average Bonchev–Trinajstić information content (AvgIpc) is 2.56. The minimum atomic E-state index is -3.05. The van der Waals surface area contributed by atoms with Gasteiger partial charge in [-0.25, -0.2) is 13.6 Å². The number of hydrogen-bond acceptors (Lipinski definition) is 5. The lowest BCUT2D eigenvalue weighted by Crippen LogP contribution is -2.43. The number of aromatic nitrogens is 2. The highest BCUT2D eigenvalue weighted by atomic mass is 32.1. The van der Waals surface area contributed by atoms with Crippen LogP contribution < -0.4 is 5.69 Å². The summed E-state index contributed by atoms with van der Waals surface area (Å²) in [4.78, 5) is 13.7. The molecule has 1 saturated heterocycles. The number of aliphatic hydroxyl groups excluding tert-OH is 1. The fourth-order valence-electron chi connectivity index (χ4n) is 1.86. The van der Waals surface area contributed by atoms with Crippen molar-refractivity contribution >= 4 is 12.2 Å². The van der Waals surface area contributed by atoms with Gasteiger partial charge in [-0.2, -0.15) is 0 Å². The van der Waals surface area contributed by atoms with Crippen LogP contribution in [0.5, 0.6) is 0 Å². The van der Waals surface area contributed by atoms with Crippen molar-refractivity contribution < 1.29 is 26.5 Å². The zero-order valence-electron chi connectivity index (χ0n) is 11.6. The quantitative estimate of drug-likeness (QED) is 0.670. The number of H-pyrrole nitrogens is 1. The van der Waals surface area contributed by atoms with Gasteiger partial charge in [-0.05, 0) is 6.92 Å². The number of rotatable bonds is 2. The van der Waals surface area contributed by atoms with E-state index < -0.39 is 46.8 Å². The van der Waals surface area contributed by atoms with Crippen LogP contribution in [0.3, 0.4) is 0 Å². The molecule has 6 nitrogen and oxygen atoms in total. The largest absolute Gasteiger partial charge is 0.394 e. The van der Waals surface area contributed by atoms with E-state index in [4.69, 9.17) is 7.48 Å². The molecule has 1 unspecified atom stereocenters. The predicted molar refractivity (Wildman–Crippen MR) is 62.4 cm³/mol. The normalized spacial score (nSPS) is 37.0. The molecule has 1 aromatic rings. The molecular formula is C10H12F2N2O4S. The molecule has 2 heterocycles. The van der Waals surface area contributed by atoms with E-state index >= 15 is 0 Å². The zero-order chi connectivity index (χ0) is 16.2. The summed E-state index contributed by atoms with van der Waals surface area (Å²) >= 11 is 4.51. The van der Waals surface area contributed by atoms with E-state index in [0.29, 0.717) is 10.8 Å². The smallest absolute Gasteiger partial charge is 0.328 e. The van der Waals surface area contributed by atoms with E-state index in [-0.39, 0.29) is 0 Å². The number of aromatic amines is 1. The van der Waals surface area contributed by atoms with Crippen molar-refractivity contribution in [1.29, 1.82) is 0 Å². The molecule has 4 atom stereocenters. The minimum Gasteiger partial charge on any atom is -0.394 e. The van der Waals surface area contributed by atoms with Crippen LogP contribution in [0, 0.1) is 10.5 Å². The number of alkyl halides is 1. The third-order valence-corrected chi connectivity index (χ3v) is 3.22. The maximum Gasteiger partial charge on any atom is 0.328 e. The number of nitrogens with one attached hydrogen (secondary N) is 1. The van der Waals surface area contributed by atoms with Gasteiger partial charge in [0.2, 0.25) is 0 Å². The summed E-state index contributed by atoms with van der Waals surface area (Å²) in [6.45, 7) is -2.20. The molecule has 106 valence electrons. The number of aliphatic hydroxyl groups is 2. The first kappa shape index (κ1) is 11.6. The first-order chi connectivity index (χ1) is 9.46. The molecule has 1 aliphatic heterocycles. The molecule has 1 fully saturated rings. The summed E-state index contributed by atoms with van der Waals surface area (Å²) in [6.07, 6.45) is -5.27. The Morgan fingerprint density at radius 3 is 2.95 bits per heavy atom. The van der Waals surface area contributed by atoms with Crippen LogP contribution in [0.25, 0.3) is 0 Å². The molecule has 0 amide bonds. The fourth-order valence-corrected chi connectivity index (χ4v) is 2.00. The lowest BCUT2D eigenvalue weighted by Gasteiger charge is -2.24.